The standard InChI is InChI=1S/C14H19ClO2/c1-9-3-4-11(13(15)7-9)8-14(16)12-5-6-17-10(12)2/h3-4,7,10,12,14,16H,5-6,8H2,1-2H3. The van der Waals surface area contributed by atoms with E-state index in [-0.39, 0.29) is 18.1 Å². The van der Waals surface area contributed by atoms with E-state index in [9.17, 15) is 5.11 Å². The second-order valence-electron chi connectivity index (χ2n) is 4.89. The number of aryl methyl sites for hydroxylation is 1. The molecule has 0 radical (unpaired) electrons. The molecule has 0 saturated carbocycles. The second-order valence-corrected chi connectivity index (χ2v) is 5.30. The number of aliphatic hydroxyl groups is 1. The number of aliphatic hydroxyl groups excluding tert-OH is 1. The van der Waals surface area contributed by atoms with Gasteiger partial charge in [0.25, 0.3) is 0 Å². The Balaban J connectivity index is 2.04. The SMILES string of the molecule is Cc1ccc(CC(O)C2CCOC2C)c(Cl)c1. The molecule has 0 aliphatic carbocycles. The molecule has 0 bridgehead atoms. The van der Waals surface area contributed by atoms with Crippen molar-refractivity contribution in [2.24, 2.45) is 5.92 Å². The van der Waals surface area contributed by atoms with E-state index in [0.717, 1.165) is 29.2 Å². The first-order valence-electron chi connectivity index (χ1n) is 6.12. The van der Waals surface area contributed by atoms with Crippen molar-refractivity contribution in [2.75, 3.05) is 6.61 Å². The predicted octanol–water partition coefficient (Wildman–Crippen LogP) is 2.98. The van der Waals surface area contributed by atoms with Gasteiger partial charge in [0.1, 0.15) is 0 Å². The monoisotopic (exact) mass is 254 g/mol. The fraction of sp³-hybridized carbons (Fsp3) is 0.571. The minimum Gasteiger partial charge on any atom is -0.392 e. The molecule has 94 valence electrons. The van der Waals surface area contributed by atoms with Gasteiger partial charge >= 0.3 is 0 Å². The quantitative estimate of drug-likeness (QED) is 0.899. The molecule has 3 atom stereocenters. The van der Waals surface area contributed by atoms with E-state index < -0.39 is 0 Å². The largest absolute Gasteiger partial charge is 0.392 e. The third-order valence-electron chi connectivity index (χ3n) is 3.57. The smallest absolute Gasteiger partial charge is 0.0634 e. The molecule has 1 N–H and O–H groups in total. The lowest BCUT2D eigenvalue weighted by Crippen LogP contribution is -2.28. The van der Waals surface area contributed by atoms with Gasteiger partial charge in [-0.1, -0.05) is 23.7 Å². The first-order valence-corrected chi connectivity index (χ1v) is 6.50. The minimum absolute atomic E-state index is 0.147. The van der Waals surface area contributed by atoms with Crippen molar-refractivity contribution in [1.82, 2.24) is 0 Å². The molecule has 0 aromatic heterocycles. The van der Waals surface area contributed by atoms with Crippen LogP contribution in [-0.2, 0) is 11.2 Å². The number of hydrogen-bond acceptors (Lipinski definition) is 2. The average molecular weight is 255 g/mol. The highest BCUT2D eigenvalue weighted by atomic mass is 35.5. The topological polar surface area (TPSA) is 29.5 Å². The predicted molar refractivity (Wildman–Crippen MR) is 69.4 cm³/mol. The molecule has 1 aliphatic rings. The van der Waals surface area contributed by atoms with Crippen LogP contribution in [0.1, 0.15) is 24.5 Å². The van der Waals surface area contributed by atoms with Crippen LogP contribution < -0.4 is 0 Å². The van der Waals surface area contributed by atoms with Gasteiger partial charge in [-0.3, -0.25) is 0 Å². The maximum atomic E-state index is 10.2. The molecule has 2 nitrogen and oxygen atoms in total. The summed E-state index contributed by atoms with van der Waals surface area (Å²) >= 11 is 6.17. The van der Waals surface area contributed by atoms with Gasteiger partial charge in [0.05, 0.1) is 12.2 Å². The first-order chi connectivity index (χ1) is 8.08. The Hall–Kier alpha value is -0.570. The molecule has 2 rings (SSSR count). The highest BCUT2D eigenvalue weighted by molar-refractivity contribution is 6.31. The van der Waals surface area contributed by atoms with Crippen LogP contribution in [0.5, 0.6) is 0 Å². The van der Waals surface area contributed by atoms with Crippen LogP contribution in [0.3, 0.4) is 0 Å². The Morgan fingerprint density at radius 3 is 2.88 bits per heavy atom. The van der Waals surface area contributed by atoms with Crippen LogP contribution in [0.2, 0.25) is 5.02 Å². The number of halogens is 1. The van der Waals surface area contributed by atoms with Gasteiger partial charge in [-0.2, -0.15) is 0 Å². The van der Waals surface area contributed by atoms with E-state index in [1.54, 1.807) is 0 Å². The zero-order chi connectivity index (χ0) is 12.4. The van der Waals surface area contributed by atoms with Gasteiger partial charge in [-0.15, -0.1) is 0 Å². The third kappa shape index (κ3) is 3.01. The van der Waals surface area contributed by atoms with Crippen LogP contribution in [0.25, 0.3) is 0 Å². The van der Waals surface area contributed by atoms with Crippen molar-refractivity contribution >= 4 is 11.6 Å². The van der Waals surface area contributed by atoms with Crippen molar-refractivity contribution in [3.05, 3.63) is 34.3 Å². The fourth-order valence-corrected chi connectivity index (χ4v) is 2.76. The van der Waals surface area contributed by atoms with Gasteiger partial charge in [0.2, 0.25) is 0 Å². The summed E-state index contributed by atoms with van der Waals surface area (Å²) in [7, 11) is 0. The molecule has 1 aromatic rings. The molecule has 1 fully saturated rings. The Morgan fingerprint density at radius 1 is 1.53 bits per heavy atom. The molecule has 1 saturated heterocycles. The van der Waals surface area contributed by atoms with E-state index in [2.05, 4.69) is 0 Å². The molecule has 17 heavy (non-hydrogen) atoms. The number of ether oxygens (including phenoxy) is 1. The van der Waals surface area contributed by atoms with Gasteiger partial charge in [-0.25, -0.2) is 0 Å². The summed E-state index contributed by atoms with van der Waals surface area (Å²) in [5.41, 5.74) is 2.16. The van der Waals surface area contributed by atoms with Gasteiger partial charge in [0.15, 0.2) is 0 Å². The Morgan fingerprint density at radius 2 is 2.29 bits per heavy atom. The van der Waals surface area contributed by atoms with Crippen molar-refractivity contribution in [2.45, 2.75) is 38.9 Å². The maximum absolute atomic E-state index is 10.2. The summed E-state index contributed by atoms with van der Waals surface area (Å²) in [5.74, 6) is 0.229. The summed E-state index contributed by atoms with van der Waals surface area (Å²) < 4.78 is 5.48. The number of rotatable bonds is 3. The second kappa shape index (κ2) is 5.38. The molecule has 1 aromatic carbocycles. The van der Waals surface area contributed by atoms with E-state index in [0.29, 0.717) is 6.42 Å². The van der Waals surface area contributed by atoms with E-state index in [4.69, 9.17) is 16.3 Å². The van der Waals surface area contributed by atoms with E-state index in [1.165, 1.54) is 0 Å². The van der Waals surface area contributed by atoms with Crippen molar-refractivity contribution in [3.63, 3.8) is 0 Å². The van der Waals surface area contributed by atoms with Crippen LogP contribution in [0, 0.1) is 12.8 Å². The van der Waals surface area contributed by atoms with Crippen LogP contribution in [0.4, 0.5) is 0 Å². The first kappa shape index (κ1) is 12.9. The minimum atomic E-state index is -0.368. The molecule has 3 unspecified atom stereocenters. The highest BCUT2D eigenvalue weighted by Crippen LogP contribution is 2.28. The number of hydrogen-bond donors (Lipinski definition) is 1. The normalized spacial score (nSPS) is 26.1. The Labute approximate surface area is 108 Å². The summed E-state index contributed by atoms with van der Waals surface area (Å²) in [6.45, 7) is 4.79. The van der Waals surface area contributed by atoms with Crippen LogP contribution >= 0.6 is 11.6 Å². The van der Waals surface area contributed by atoms with Crippen LogP contribution in [-0.4, -0.2) is 23.9 Å². The molecule has 3 heteroatoms. The van der Waals surface area contributed by atoms with E-state index in [1.807, 2.05) is 32.0 Å². The van der Waals surface area contributed by atoms with Gasteiger partial charge in [0, 0.05) is 24.0 Å². The summed E-state index contributed by atoms with van der Waals surface area (Å²) in [5, 5.41) is 11.0. The lowest BCUT2D eigenvalue weighted by Gasteiger charge is -2.21. The molecular weight excluding hydrogens is 236 g/mol. The average Bonchev–Trinajstić information content (AvgIpc) is 2.68. The van der Waals surface area contributed by atoms with Crippen molar-refractivity contribution < 1.29 is 9.84 Å². The molecule has 1 heterocycles. The summed E-state index contributed by atoms with van der Waals surface area (Å²) in [6.07, 6.45) is 1.32. The van der Waals surface area contributed by atoms with E-state index >= 15 is 0 Å². The third-order valence-corrected chi connectivity index (χ3v) is 3.92. The lowest BCUT2D eigenvalue weighted by molar-refractivity contribution is 0.0441. The highest BCUT2D eigenvalue weighted by Gasteiger charge is 2.30. The van der Waals surface area contributed by atoms with Crippen LogP contribution in [0.15, 0.2) is 18.2 Å². The Kier molecular flexibility index (Phi) is 4.08. The van der Waals surface area contributed by atoms with Gasteiger partial charge in [-0.05, 0) is 37.5 Å². The Bertz CT molecular complexity index is 392. The van der Waals surface area contributed by atoms with Crippen molar-refractivity contribution in [3.8, 4) is 0 Å². The molecule has 0 amide bonds. The van der Waals surface area contributed by atoms with Crippen molar-refractivity contribution in [1.29, 1.82) is 0 Å². The zero-order valence-corrected chi connectivity index (χ0v) is 11.1. The maximum Gasteiger partial charge on any atom is 0.0634 e. The summed E-state index contributed by atoms with van der Waals surface area (Å²) in [4.78, 5) is 0. The number of benzene rings is 1. The zero-order valence-electron chi connectivity index (χ0n) is 10.3. The fourth-order valence-electron chi connectivity index (χ4n) is 2.45. The molecule has 0 spiro atoms. The molecule has 1 aliphatic heterocycles. The molecular formula is C14H19ClO2. The van der Waals surface area contributed by atoms with Gasteiger partial charge < -0.3 is 9.84 Å². The lowest BCUT2D eigenvalue weighted by atomic mass is 9.91. The summed E-state index contributed by atoms with van der Waals surface area (Å²) in [6, 6.07) is 5.97.